The van der Waals surface area contributed by atoms with Crippen LogP contribution in [0.5, 0.6) is 0 Å². The third-order valence-corrected chi connectivity index (χ3v) is 4.22. The minimum Gasteiger partial charge on any atom is -0.338 e. The molecule has 102 valence electrons. The van der Waals surface area contributed by atoms with E-state index in [1.54, 1.807) is 0 Å². The van der Waals surface area contributed by atoms with E-state index in [1.807, 2.05) is 17.8 Å². The van der Waals surface area contributed by atoms with Gasteiger partial charge in [0.2, 0.25) is 6.33 Å². The molecule has 3 atom stereocenters. The molecule has 1 aliphatic rings. The number of hydrogen-bond acceptors (Lipinski definition) is 1. The zero-order valence-corrected chi connectivity index (χ0v) is 12.2. The lowest BCUT2D eigenvalue weighted by molar-refractivity contribution is -0.671. The van der Waals surface area contributed by atoms with E-state index in [9.17, 15) is 0 Å². The molecule has 3 nitrogen and oxygen atoms in total. The zero-order valence-electron chi connectivity index (χ0n) is 12.2. The van der Waals surface area contributed by atoms with Crippen LogP contribution < -0.4 is 4.57 Å². The van der Waals surface area contributed by atoms with Crippen LogP contribution in [0.3, 0.4) is 0 Å². The molecule has 1 aromatic heterocycles. The fourth-order valence-electron chi connectivity index (χ4n) is 3.07. The molecule has 1 aromatic rings. The summed E-state index contributed by atoms with van der Waals surface area (Å²) in [6, 6.07) is 0. The van der Waals surface area contributed by atoms with Gasteiger partial charge in [-0.15, -0.1) is 0 Å². The van der Waals surface area contributed by atoms with Crippen LogP contribution >= 0.6 is 0 Å². The normalized spacial score (nSPS) is 28.8. The maximum absolute atomic E-state index is 6.18. The van der Waals surface area contributed by atoms with Crippen LogP contribution in [0.15, 0.2) is 18.7 Å². The first-order valence-corrected chi connectivity index (χ1v) is 7.19. The molecule has 0 unspecified atom stereocenters. The highest BCUT2D eigenvalue weighted by atomic mass is 16.5. The van der Waals surface area contributed by atoms with E-state index in [1.165, 1.54) is 19.3 Å². The maximum atomic E-state index is 6.18. The first-order chi connectivity index (χ1) is 8.56. The Morgan fingerprint density at radius 3 is 2.78 bits per heavy atom. The van der Waals surface area contributed by atoms with Crippen LogP contribution in [0.25, 0.3) is 0 Å². The van der Waals surface area contributed by atoms with Gasteiger partial charge in [-0.05, 0) is 30.6 Å². The van der Waals surface area contributed by atoms with E-state index in [0.29, 0.717) is 12.8 Å². The quantitative estimate of drug-likeness (QED) is 0.753. The van der Waals surface area contributed by atoms with Crippen LogP contribution in [0.4, 0.5) is 0 Å². The van der Waals surface area contributed by atoms with Gasteiger partial charge in [0.15, 0.2) is 6.73 Å². The second-order valence-electron chi connectivity index (χ2n) is 6.25. The average molecular weight is 251 g/mol. The maximum Gasteiger partial charge on any atom is 0.245 e. The van der Waals surface area contributed by atoms with Gasteiger partial charge in [-0.3, -0.25) is 0 Å². The van der Waals surface area contributed by atoms with Crippen LogP contribution in [0.2, 0.25) is 0 Å². The fraction of sp³-hybridized carbons (Fsp3) is 0.800. The molecule has 2 rings (SSSR count). The van der Waals surface area contributed by atoms with Gasteiger partial charge in [0.1, 0.15) is 12.4 Å². The minimum absolute atomic E-state index is 0.432. The lowest BCUT2D eigenvalue weighted by Crippen LogP contribution is -2.34. The summed E-state index contributed by atoms with van der Waals surface area (Å²) in [5.74, 6) is 2.26. The largest absolute Gasteiger partial charge is 0.338 e. The fourth-order valence-corrected chi connectivity index (χ4v) is 3.07. The number of nitrogens with zero attached hydrogens (tertiary/aromatic N) is 2. The van der Waals surface area contributed by atoms with Crippen molar-refractivity contribution in [3.8, 4) is 0 Å². The summed E-state index contributed by atoms with van der Waals surface area (Å²) < 4.78 is 10.3. The highest BCUT2D eigenvalue weighted by Gasteiger charge is 2.31. The smallest absolute Gasteiger partial charge is 0.245 e. The summed E-state index contributed by atoms with van der Waals surface area (Å²) in [6.07, 6.45) is 10.5. The number of imidazole rings is 1. The molecule has 3 heteroatoms. The zero-order chi connectivity index (χ0) is 13.1. The van der Waals surface area contributed by atoms with Crippen molar-refractivity contribution < 1.29 is 9.30 Å². The summed E-state index contributed by atoms with van der Waals surface area (Å²) in [7, 11) is 2.04. The van der Waals surface area contributed by atoms with Crippen LogP contribution in [0, 0.1) is 17.8 Å². The molecule has 18 heavy (non-hydrogen) atoms. The Bertz CT molecular complexity index is 372. The monoisotopic (exact) mass is 251 g/mol. The number of aryl methyl sites for hydroxylation is 1. The van der Waals surface area contributed by atoms with Gasteiger partial charge in [0, 0.05) is 0 Å². The minimum atomic E-state index is 0.432. The molecule has 1 aliphatic carbocycles. The van der Waals surface area contributed by atoms with E-state index in [4.69, 9.17) is 4.74 Å². The molecule has 0 aromatic carbocycles. The molecule has 1 fully saturated rings. The van der Waals surface area contributed by atoms with Gasteiger partial charge >= 0.3 is 0 Å². The molecule has 0 radical (unpaired) electrons. The van der Waals surface area contributed by atoms with Crippen LogP contribution in [-0.2, 0) is 18.5 Å². The third-order valence-electron chi connectivity index (χ3n) is 4.22. The van der Waals surface area contributed by atoms with E-state index in [2.05, 4.69) is 37.9 Å². The molecule has 0 saturated heterocycles. The number of rotatable bonds is 4. The van der Waals surface area contributed by atoms with Crippen molar-refractivity contribution in [1.82, 2.24) is 4.57 Å². The lowest BCUT2D eigenvalue weighted by atomic mass is 9.75. The number of aromatic nitrogens is 2. The third kappa shape index (κ3) is 3.35. The van der Waals surface area contributed by atoms with Gasteiger partial charge in [-0.1, -0.05) is 27.2 Å². The van der Waals surface area contributed by atoms with Crippen LogP contribution in [0.1, 0.15) is 40.0 Å². The SMILES string of the molecule is CC(C)[C@@H]1CC[C@@H](C)C[C@H]1OCn1cc[n+](C)c1. The Kier molecular flexibility index (Phi) is 4.44. The predicted molar refractivity (Wildman–Crippen MR) is 71.8 cm³/mol. The van der Waals surface area contributed by atoms with Gasteiger partial charge < -0.3 is 4.74 Å². The topological polar surface area (TPSA) is 18.0 Å². The number of ether oxygens (including phenoxy) is 1. The molecule has 1 saturated carbocycles. The summed E-state index contributed by atoms with van der Waals surface area (Å²) in [5, 5.41) is 0. The second-order valence-corrected chi connectivity index (χ2v) is 6.25. The molecule has 0 aliphatic heterocycles. The summed E-state index contributed by atoms with van der Waals surface area (Å²) in [4.78, 5) is 0. The van der Waals surface area contributed by atoms with Gasteiger partial charge in [-0.25, -0.2) is 9.13 Å². The Balaban J connectivity index is 1.92. The van der Waals surface area contributed by atoms with E-state index < -0.39 is 0 Å². The highest BCUT2D eigenvalue weighted by molar-refractivity contribution is 4.81. The number of hydrogen-bond donors (Lipinski definition) is 0. The van der Waals surface area contributed by atoms with E-state index >= 15 is 0 Å². The molecular weight excluding hydrogens is 224 g/mol. The first kappa shape index (κ1) is 13.6. The van der Waals surface area contributed by atoms with Crippen molar-refractivity contribution >= 4 is 0 Å². The van der Waals surface area contributed by atoms with E-state index in [-0.39, 0.29) is 0 Å². The van der Waals surface area contributed by atoms with Crippen molar-refractivity contribution in [3.63, 3.8) is 0 Å². The molecular formula is C15H27N2O+. The molecule has 0 bridgehead atoms. The Morgan fingerprint density at radius 2 is 2.17 bits per heavy atom. The molecule has 0 N–H and O–H groups in total. The van der Waals surface area contributed by atoms with Crippen molar-refractivity contribution in [3.05, 3.63) is 18.7 Å². The van der Waals surface area contributed by atoms with Gasteiger partial charge in [0.05, 0.1) is 13.2 Å². The average Bonchev–Trinajstić information content (AvgIpc) is 2.72. The Hall–Kier alpha value is -0.830. The second kappa shape index (κ2) is 5.87. The standard InChI is InChI=1S/C15H27N2O/c1-12(2)14-6-5-13(3)9-15(14)18-11-17-8-7-16(4)10-17/h7-8,10,12-15H,5-6,9,11H2,1-4H3/q+1/t13-,14+,15-/m1/s1. The summed E-state index contributed by atoms with van der Waals surface area (Å²) in [5.41, 5.74) is 0. The summed E-state index contributed by atoms with van der Waals surface area (Å²) in [6.45, 7) is 7.68. The van der Waals surface area contributed by atoms with Gasteiger partial charge in [-0.2, -0.15) is 0 Å². The van der Waals surface area contributed by atoms with E-state index in [0.717, 1.165) is 17.8 Å². The lowest BCUT2D eigenvalue weighted by Gasteiger charge is -2.36. The molecule has 0 amide bonds. The summed E-state index contributed by atoms with van der Waals surface area (Å²) >= 11 is 0. The predicted octanol–water partition coefficient (Wildman–Crippen LogP) is 2.75. The Labute approximate surface area is 111 Å². The Morgan fingerprint density at radius 1 is 1.39 bits per heavy atom. The first-order valence-electron chi connectivity index (χ1n) is 7.19. The molecule has 1 heterocycles. The van der Waals surface area contributed by atoms with Gasteiger partial charge in [0.25, 0.3) is 0 Å². The molecule has 0 spiro atoms. The van der Waals surface area contributed by atoms with Crippen molar-refractivity contribution in [2.75, 3.05) is 0 Å². The van der Waals surface area contributed by atoms with Crippen molar-refractivity contribution in [2.45, 2.75) is 52.9 Å². The van der Waals surface area contributed by atoms with Crippen molar-refractivity contribution in [2.24, 2.45) is 24.8 Å². The van der Waals surface area contributed by atoms with Crippen LogP contribution in [-0.4, -0.2) is 10.7 Å². The van der Waals surface area contributed by atoms with Crippen molar-refractivity contribution in [1.29, 1.82) is 0 Å². The highest BCUT2D eigenvalue weighted by Crippen LogP contribution is 2.35.